The Morgan fingerprint density at radius 1 is 1.03 bits per heavy atom. The number of aromatic amines is 1. The van der Waals surface area contributed by atoms with Gasteiger partial charge in [0.1, 0.15) is 11.6 Å². The number of halogens is 2. The quantitative estimate of drug-likeness (QED) is 0.649. The molecule has 1 aromatic heterocycles. The number of hydrogen-bond acceptors (Lipinski definition) is 5. The van der Waals surface area contributed by atoms with Crippen LogP contribution in [0, 0.1) is 11.6 Å². The number of hydrogen-bond donors (Lipinski definition) is 1. The molecule has 0 aliphatic carbocycles. The van der Waals surface area contributed by atoms with Gasteiger partial charge in [-0.15, -0.1) is 5.10 Å². The van der Waals surface area contributed by atoms with Gasteiger partial charge in [-0.3, -0.25) is 9.89 Å². The number of carbonyl (C=O) groups is 1. The summed E-state index contributed by atoms with van der Waals surface area (Å²) in [5.41, 5.74) is 1.30. The number of anilines is 1. The minimum atomic E-state index is -0.379. The number of amides is 1. The van der Waals surface area contributed by atoms with Gasteiger partial charge in [0.25, 0.3) is 0 Å². The average Bonchev–Trinajstić information content (AvgIpc) is 3.22. The minimum Gasteiger partial charge on any atom is -0.368 e. The molecule has 150 valence electrons. The van der Waals surface area contributed by atoms with Crippen molar-refractivity contribution in [1.82, 2.24) is 20.1 Å². The number of benzene rings is 2. The van der Waals surface area contributed by atoms with Gasteiger partial charge in [0.05, 0.1) is 11.3 Å². The highest BCUT2D eigenvalue weighted by atomic mass is 32.2. The largest absolute Gasteiger partial charge is 0.368 e. The normalized spacial score (nSPS) is 14.3. The second-order valence-corrected chi connectivity index (χ2v) is 7.52. The molecule has 9 heteroatoms. The van der Waals surface area contributed by atoms with E-state index in [4.69, 9.17) is 0 Å². The van der Waals surface area contributed by atoms with E-state index in [9.17, 15) is 13.6 Å². The maximum atomic E-state index is 13.8. The van der Waals surface area contributed by atoms with E-state index in [0.717, 1.165) is 5.69 Å². The number of nitrogens with zero attached hydrogens (tertiary/aromatic N) is 4. The van der Waals surface area contributed by atoms with E-state index in [0.29, 0.717) is 42.7 Å². The average molecular weight is 415 g/mol. The van der Waals surface area contributed by atoms with E-state index < -0.39 is 0 Å². The first kappa shape index (κ1) is 19.4. The van der Waals surface area contributed by atoms with Crippen LogP contribution in [0.1, 0.15) is 0 Å². The molecule has 1 aliphatic heterocycles. The molecule has 0 radical (unpaired) electrons. The molecule has 0 spiro atoms. The summed E-state index contributed by atoms with van der Waals surface area (Å²) >= 11 is 1.22. The Morgan fingerprint density at radius 3 is 2.48 bits per heavy atom. The molecule has 6 nitrogen and oxygen atoms in total. The van der Waals surface area contributed by atoms with Gasteiger partial charge >= 0.3 is 0 Å². The Morgan fingerprint density at radius 2 is 1.76 bits per heavy atom. The number of H-pyrrole nitrogens is 1. The molecule has 1 fully saturated rings. The van der Waals surface area contributed by atoms with Crippen LogP contribution in [-0.2, 0) is 4.79 Å². The number of carbonyl (C=O) groups excluding carboxylic acids is 1. The lowest BCUT2D eigenvalue weighted by Crippen LogP contribution is -2.49. The van der Waals surface area contributed by atoms with Crippen molar-refractivity contribution in [3.8, 4) is 11.4 Å². The van der Waals surface area contributed by atoms with Crippen LogP contribution < -0.4 is 4.90 Å². The molecule has 0 saturated carbocycles. The Balaban J connectivity index is 1.29. The zero-order valence-corrected chi connectivity index (χ0v) is 16.3. The number of rotatable bonds is 5. The van der Waals surface area contributed by atoms with Gasteiger partial charge in [-0.05, 0) is 36.4 Å². The molecule has 2 heterocycles. The first-order valence-corrected chi connectivity index (χ1v) is 10.2. The predicted molar refractivity (Wildman–Crippen MR) is 108 cm³/mol. The number of nitrogens with one attached hydrogen (secondary N) is 1. The summed E-state index contributed by atoms with van der Waals surface area (Å²) in [5, 5.41) is 7.18. The summed E-state index contributed by atoms with van der Waals surface area (Å²) in [4.78, 5) is 20.7. The third-order valence-electron chi connectivity index (χ3n) is 4.74. The van der Waals surface area contributed by atoms with Gasteiger partial charge in [-0.25, -0.2) is 13.8 Å². The highest BCUT2D eigenvalue weighted by Gasteiger charge is 2.22. The first-order chi connectivity index (χ1) is 14.1. The van der Waals surface area contributed by atoms with Crippen LogP contribution in [0.5, 0.6) is 0 Å². The Kier molecular flexibility index (Phi) is 5.75. The van der Waals surface area contributed by atoms with Crippen LogP contribution in [-0.4, -0.2) is 57.9 Å². The van der Waals surface area contributed by atoms with Crippen molar-refractivity contribution in [2.45, 2.75) is 5.16 Å². The van der Waals surface area contributed by atoms with Gasteiger partial charge < -0.3 is 9.80 Å². The van der Waals surface area contributed by atoms with Gasteiger partial charge in [0.2, 0.25) is 11.1 Å². The third kappa shape index (κ3) is 4.56. The summed E-state index contributed by atoms with van der Waals surface area (Å²) in [5.74, 6) is -0.0811. The third-order valence-corrected chi connectivity index (χ3v) is 5.57. The standard InChI is InChI=1S/C20H19F2N5OS/c21-14-5-7-15(8-6-14)26-9-11-27(12-10-26)18(28)13-29-20-23-19(24-25-20)16-3-1-2-4-17(16)22/h1-8H,9-13H2,(H,23,24,25). The Hall–Kier alpha value is -2.94. The van der Waals surface area contributed by atoms with Crippen molar-refractivity contribution in [3.05, 3.63) is 60.2 Å². The lowest BCUT2D eigenvalue weighted by molar-refractivity contribution is -0.128. The van der Waals surface area contributed by atoms with E-state index in [2.05, 4.69) is 20.1 Å². The molecule has 0 atom stereocenters. The second kappa shape index (κ2) is 8.60. The molecule has 3 aromatic rings. The van der Waals surface area contributed by atoms with Crippen molar-refractivity contribution in [3.63, 3.8) is 0 Å². The fraction of sp³-hybridized carbons (Fsp3) is 0.250. The maximum absolute atomic E-state index is 13.8. The van der Waals surface area contributed by atoms with Crippen molar-refractivity contribution >= 4 is 23.4 Å². The summed E-state index contributed by atoms with van der Waals surface area (Å²) in [7, 11) is 0. The monoisotopic (exact) mass is 415 g/mol. The van der Waals surface area contributed by atoms with Crippen molar-refractivity contribution in [1.29, 1.82) is 0 Å². The van der Waals surface area contributed by atoms with Gasteiger partial charge in [0.15, 0.2) is 5.82 Å². The molecular formula is C20H19F2N5OS. The Labute approximate surface area is 170 Å². The smallest absolute Gasteiger partial charge is 0.233 e. The molecule has 1 amide bonds. The van der Waals surface area contributed by atoms with Crippen molar-refractivity contribution in [2.24, 2.45) is 0 Å². The minimum absolute atomic E-state index is 0.00555. The highest BCUT2D eigenvalue weighted by Crippen LogP contribution is 2.22. The summed E-state index contributed by atoms with van der Waals surface area (Å²) in [6.07, 6.45) is 0. The topological polar surface area (TPSA) is 65.1 Å². The van der Waals surface area contributed by atoms with Crippen LogP contribution in [0.2, 0.25) is 0 Å². The molecule has 1 N–H and O–H groups in total. The van der Waals surface area contributed by atoms with Crippen LogP contribution in [0.3, 0.4) is 0 Å². The molecule has 1 saturated heterocycles. The molecular weight excluding hydrogens is 396 g/mol. The van der Waals surface area contributed by atoms with Crippen LogP contribution in [0.25, 0.3) is 11.4 Å². The number of piperazine rings is 1. The van der Waals surface area contributed by atoms with Crippen LogP contribution in [0.15, 0.2) is 53.7 Å². The van der Waals surface area contributed by atoms with E-state index in [-0.39, 0.29) is 23.3 Å². The SMILES string of the molecule is O=C(CSc1n[nH]c(-c2ccccc2F)n1)N1CCN(c2ccc(F)cc2)CC1. The Bertz CT molecular complexity index is 987. The van der Waals surface area contributed by atoms with E-state index in [1.165, 1.54) is 30.0 Å². The first-order valence-electron chi connectivity index (χ1n) is 9.18. The molecule has 29 heavy (non-hydrogen) atoms. The molecule has 0 unspecified atom stereocenters. The summed E-state index contributed by atoms with van der Waals surface area (Å²) in [6.45, 7) is 2.59. The van der Waals surface area contributed by atoms with Crippen LogP contribution in [0.4, 0.5) is 14.5 Å². The lowest BCUT2D eigenvalue weighted by Gasteiger charge is -2.36. The zero-order valence-electron chi connectivity index (χ0n) is 15.5. The predicted octanol–water partition coefficient (Wildman–Crippen LogP) is 3.19. The zero-order chi connectivity index (χ0) is 20.2. The van der Waals surface area contributed by atoms with Crippen LogP contribution >= 0.6 is 11.8 Å². The number of aromatic nitrogens is 3. The molecule has 2 aromatic carbocycles. The molecule has 4 rings (SSSR count). The molecule has 1 aliphatic rings. The van der Waals surface area contributed by atoms with E-state index in [1.807, 2.05) is 0 Å². The van der Waals surface area contributed by atoms with Gasteiger partial charge in [0, 0.05) is 31.9 Å². The second-order valence-electron chi connectivity index (χ2n) is 6.58. The van der Waals surface area contributed by atoms with Gasteiger partial charge in [-0.1, -0.05) is 23.9 Å². The van der Waals surface area contributed by atoms with Crippen molar-refractivity contribution < 1.29 is 13.6 Å². The van der Waals surface area contributed by atoms with Gasteiger partial charge in [-0.2, -0.15) is 0 Å². The fourth-order valence-electron chi connectivity index (χ4n) is 3.17. The molecule has 0 bridgehead atoms. The fourth-order valence-corrected chi connectivity index (χ4v) is 3.87. The van der Waals surface area contributed by atoms with Crippen molar-refractivity contribution in [2.75, 3.05) is 36.8 Å². The highest BCUT2D eigenvalue weighted by molar-refractivity contribution is 7.99. The summed E-state index contributed by atoms with van der Waals surface area (Å²) < 4.78 is 26.9. The number of thioether (sulfide) groups is 1. The summed E-state index contributed by atoms with van der Waals surface area (Å²) in [6, 6.07) is 12.7. The van der Waals surface area contributed by atoms with E-state index in [1.54, 1.807) is 35.2 Å². The maximum Gasteiger partial charge on any atom is 0.233 e. The lowest BCUT2D eigenvalue weighted by atomic mass is 10.2. The van der Waals surface area contributed by atoms with E-state index >= 15 is 0 Å².